The molecule has 5 rings (SSSR count). The molecule has 0 spiro atoms. The number of halogens is 1. The number of hydrogen-bond donors (Lipinski definition) is 2. The molecule has 0 aliphatic heterocycles. The fourth-order valence-electron chi connectivity index (χ4n) is 6.15. The molecule has 37 heavy (non-hydrogen) atoms. The summed E-state index contributed by atoms with van der Waals surface area (Å²) in [5, 5.41) is 16.1. The Bertz CT molecular complexity index is 1410. The first-order valence-corrected chi connectivity index (χ1v) is 13.1. The van der Waals surface area contributed by atoms with Crippen molar-refractivity contribution in [1.29, 1.82) is 0 Å². The summed E-state index contributed by atoms with van der Waals surface area (Å²) in [7, 11) is 0. The Labute approximate surface area is 226 Å². The highest BCUT2D eigenvalue weighted by Gasteiger charge is 2.29. The fourth-order valence-corrected chi connectivity index (χ4v) is 6.15. The van der Waals surface area contributed by atoms with Gasteiger partial charge >= 0.3 is 5.97 Å². The van der Waals surface area contributed by atoms with Crippen molar-refractivity contribution in [2.75, 3.05) is 6.54 Å². The van der Waals surface area contributed by atoms with E-state index in [1.54, 1.807) is 0 Å². The number of aromatic carboxylic acids is 1. The molecule has 0 heterocycles. The van der Waals surface area contributed by atoms with Gasteiger partial charge in [-0.15, -0.1) is 12.4 Å². The van der Waals surface area contributed by atoms with Gasteiger partial charge in [0.15, 0.2) is 0 Å². The smallest absolute Gasteiger partial charge is 0.335 e. The Balaban J connectivity index is 0.00000320. The van der Waals surface area contributed by atoms with Crippen LogP contribution in [-0.4, -0.2) is 17.6 Å². The number of carbonyl (C=O) groups is 1. The zero-order valence-electron chi connectivity index (χ0n) is 21.8. The number of rotatable bonds is 7. The van der Waals surface area contributed by atoms with Crippen molar-refractivity contribution in [2.24, 2.45) is 5.92 Å². The molecule has 192 valence electrons. The Kier molecular flexibility index (Phi) is 8.36. The van der Waals surface area contributed by atoms with Gasteiger partial charge < -0.3 is 10.4 Å². The van der Waals surface area contributed by atoms with Crippen molar-refractivity contribution in [3.63, 3.8) is 0 Å². The minimum Gasteiger partial charge on any atom is -0.478 e. The molecule has 2 unspecified atom stereocenters. The van der Waals surface area contributed by atoms with E-state index in [1.165, 1.54) is 33.0 Å². The molecule has 1 aliphatic rings. The summed E-state index contributed by atoms with van der Waals surface area (Å²) in [6, 6.07) is 28.1. The van der Waals surface area contributed by atoms with Gasteiger partial charge in [-0.1, -0.05) is 72.8 Å². The van der Waals surface area contributed by atoms with E-state index in [9.17, 15) is 9.90 Å². The molecule has 1 aliphatic carbocycles. The van der Waals surface area contributed by atoms with Crippen LogP contribution in [0.3, 0.4) is 0 Å². The van der Waals surface area contributed by atoms with E-state index >= 15 is 0 Å². The number of hydrogen-bond acceptors (Lipinski definition) is 2. The summed E-state index contributed by atoms with van der Waals surface area (Å²) in [4.78, 5) is 11.9. The van der Waals surface area contributed by atoms with Gasteiger partial charge in [-0.25, -0.2) is 4.79 Å². The minimum atomic E-state index is -0.846. The van der Waals surface area contributed by atoms with Crippen LogP contribution in [0.1, 0.15) is 75.5 Å². The van der Waals surface area contributed by atoms with Crippen molar-refractivity contribution < 1.29 is 9.90 Å². The molecular weight excluding hydrogens is 478 g/mol. The number of carboxylic acid groups (broad SMARTS) is 1. The molecule has 2 N–H and O–H groups in total. The average Bonchev–Trinajstić information content (AvgIpc) is 2.87. The second-order valence-electron chi connectivity index (χ2n) is 10.4. The number of benzene rings is 4. The Morgan fingerprint density at radius 3 is 2.49 bits per heavy atom. The lowest BCUT2D eigenvalue weighted by Gasteiger charge is -2.33. The quantitative estimate of drug-likeness (QED) is 0.263. The van der Waals surface area contributed by atoms with E-state index in [0.29, 0.717) is 11.5 Å². The van der Waals surface area contributed by atoms with E-state index in [4.69, 9.17) is 0 Å². The molecular formula is C33H36ClNO2. The molecule has 0 radical (unpaired) electrons. The molecule has 3 atom stereocenters. The van der Waals surface area contributed by atoms with Crippen LogP contribution in [-0.2, 0) is 6.42 Å². The Morgan fingerprint density at radius 1 is 0.946 bits per heavy atom. The lowest BCUT2D eigenvalue weighted by molar-refractivity contribution is 0.0696. The van der Waals surface area contributed by atoms with Gasteiger partial charge in [0, 0.05) is 12.0 Å². The van der Waals surface area contributed by atoms with E-state index in [-0.39, 0.29) is 24.4 Å². The first-order chi connectivity index (χ1) is 17.4. The standard InChI is InChI=1S/C33H35NO2.ClH/c1-21-17-22(2)31(33(35)36)20-30(21)32-19-24(18-26-10-5-7-13-29(26)32)15-16-34-23(3)27-14-8-11-25-9-4-6-12-28(25)27;/h4-14,17,20,23-24,32,34H,15-16,18-19H2,1-3H3,(H,35,36);1H/t23-,24?,32?;/m1./s1. The van der Waals surface area contributed by atoms with Crippen LogP contribution in [0, 0.1) is 19.8 Å². The first kappa shape index (κ1) is 26.9. The third-order valence-electron chi connectivity index (χ3n) is 8.02. The van der Waals surface area contributed by atoms with Gasteiger partial charge in [-0.2, -0.15) is 0 Å². The zero-order valence-corrected chi connectivity index (χ0v) is 22.6. The van der Waals surface area contributed by atoms with Gasteiger partial charge in [0.25, 0.3) is 0 Å². The molecule has 0 amide bonds. The van der Waals surface area contributed by atoms with Crippen molar-refractivity contribution in [3.8, 4) is 0 Å². The highest BCUT2D eigenvalue weighted by Crippen LogP contribution is 2.42. The fraction of sp³-hybridized carbons (Fsp3) is 0.303. The normalized spacial score (nSPS) is 17.6. The van der Waals surface area contributed by atoms with Crippen molar-refractivity contribution >= 4 is 29.1 Å². The SMILES string of the molecule is Cc1cc(C)c(C2CC(CCN[C@H](C)c3cccc4ccccc34)Cc3ccccc32)cc1C(=O)O.Cl. The van der Waals surface area contributed by atoms with Crippen molar-refractivity contribution in [3.05, 3.63) is 118 Å². The highest BCUT2D eigenvalue weighted by molar-refractivity contribution is 5.90. The first-order valence-electron chi connectivity index (χ1n) is 13.1. The van der Waals surface area contributed by atoms with Gasteiger partial charge in [0.2, 0.25) is 0 Å². The lowest BCUT2D eigenvalue weighted by atomic mass is 9.71. The highest BCUT2D eigenvalue weighted by atomic mass is 35.5. The molecule has 0 saturated carbocycles. The van der Waals surface area contributed by atoms with Gasteiger partial charge in [-0.3, -0.25) is 0 Å². The van der Waals surface area contributed by atoms with Crippen LogP contribution in [0.15, 0.2) is 78.9 Å². The van der Waals surface area contributed by atoms with Crippen LogP contribution in [0.5, 0.6) is 0 Å². The minimum absolute atomic E-state index is 0. The average molecular weight is 514 g/mol. The number of carboxylic acids is 1. The summed E-state index contributed by atoms with van der Waals surface area (Å²) < 4.78 is 0. The molecule has 0 aromatic heterocycles. The van der Waals surface area contributed by atoms with E-state index in [0.717, 1.165) is 36.9 Å². The molecule has 0 saturated heterocycles. The topological polar surface area (TPSA) is 49.3 Å². The largest absolute Gasteiger partial charge is 0.478 e. The Morgan fingerprint density at radius 2 is 1.68 bits per heavy atom. The third kappa shape index (κ3) is 5.58. The third-order valence-corrected chi connectivity index (χ3v) is 8.02. The number of fused-ring (bicyclic) bond motifs is 2. The lowest BCUT2D eigenvalue weighted by Crippen LogP contribution is -2.26. The van der Waals surface area contributed by atoms with Crippen LogP contribution in [0.2, 0.25) is 0 Å². The monoisotopic (exact) mass is 513 g/mol. The van der Waals surface area contributed by atoms with Crippen LogP contribution in [0.25, 0.3) is 10.8 Å². The van der Waals surface area contributed by atoms with Gasteiger partial charge in [-0.05, 0) is 103 Å². The zero-order chi connectivity index (χ0) is 25.2. The second kappa shape index (κ2) is 11.5. The molecule has 4 heteroatoms. The van der Waals surface area contributed by atoms with E-state index in [1.807, 2.05) is 19.1 Å². The van der Waals surface area contributed by atoms with Crippen LogP contribution in [0.4, 0.5) is 0 Å². The van der Waals surface area contributed by atoms with E-state index in [2.05, 4.69) is 85.9 Å². The molecule has 4 aromatic carbocycles. The van der Waals surface area contributed by atoms with Gasteiger partial charge in [0.1, 0.15) is 0 Å². The van der Waals surface area contributed by atoms with Crippen molar-refractivity contribution in [1.82, 2.24) is 5.32 Å². The Hall–Kier alpha value is -3.14. The van der Waals surface area contributed by atoms with Crippen LogP contribution >= 0.6 is 12.4 Å². The second-order valence-corrected chi connectivity index (χ2v) is 10.4. The number of aryl methyl sites for hydroxylation is 2. The maximum absolute atomic E-state index is 11.9. The molecule has 0 bridgehead atoms. The summed E-state index contributed by atoms with van der Waals surface area (Å²) >= 11 is 0. The van der Waals surface area contributed by atoms with Crippen molar-refractivity contribution in [2.45, 2.75) is 52.0 Å². The molecule has 4 aromatic rings. The summed E-state index contributed by atoms with van der Waals surface area (Å²) in [5.74, 6) is -0.0683. The summed E-state index contributed by atoms with van der Waals surface area (Å²) in [5.41, 5.74) is 7.69. The predicted octanol–water partition coefficient (Wildman–Crippen LogP) is 8.01. The van der Waals surface area contributed by atoms with Gasteiger partial charge in [0.05, 0.1) is 5.56 Å². The predicted molar refractivity (Wildman–Crippen MR) is 155 cm³/mol. The maximum Gasteiger partial charge on any atom is 0.335 e. The molecule has 3 nitrogen and oxygen atoms in total. The summed E-state index contributed by atoms with van der Waals surface area (Å²) in [6.45, 7) is 7.22. The maximum atomic E-state index is 11.9. The summed E-state index contributed by atoms with van der Waals surface area (Å²) in [6.07, 6.45) is 3.22. The van der Waals surface area contributed by atoms with E-state index < -0.39 is 5.97 Å². The van der Waals surface area contributed by atoms with Crippen LogP contribution < -0.4 is 5.32 Å². The molecule has 0 fully saturated rings. The number of nitrogens with one attached hydrogen (secondary N) is 1.